The van der Waals surface area contributed by atoms with E-state index in [9.17, 15) is 4.79 Å². The van der Waals surface area contributed by atoms with Crippen molar-refractivity contribution in [3.63, 3.8) is 0 Å². The molecule has 1 saturated heterocycles. The molecule has 1 aromatic carbocycles. The maximum Gasteiger partial charge on any atom is 0.220 e. The van der Waals surface area contributed by atoms with E-state index >= 15 is 0 Å². The minimum Gasteiger partial charge on any atom is -0.352 e. The molecule has 1 amide bonds. The average molecular weight is 210 g/mol. The van der Waals surface area contributed by atoms with Crippen LogP contribution in [0, 0.1) is 0 Å². The number of halogens is 1. The van der Waals surface area contributed by atoms with Crippen LogP contribution < -0.4 is 5.32 Å². The SMILES string of the molecule is O=C1CC[C@H]([C@H](Cl)c2ccccc2)N1. The van der Waals surface area contributed by atoms with Gasteiger partial charge in [-0.3, -0.25) is 4.79 Å². The Morgan fingerprint density at radius 3 is 2.64 bits per heavy atom. The third-order valence-electron chi connectivity index (χ3n) is 2.50. The molecule has 0 unspecified atom stereocenters. The molecule has 2 rings (SSSR count). The van der Waals surface area contributed by atoms with E-state index in [1.54, 1.807) is 0 Å². The molecular formula is C11H12ClNO. The maximum absolute atomic E-state index is 11.0. The molecule has 0 aromatic heterocycles. The highest BCUT2D eigenvalue weighted by Crippen LogP contribution is 2.28. The fraction of sp³-hybridized carbons (Fsp3) is 0.364. The summed E-state index contributed by atoms with van der Waals surface area (Å²) in [7, 11) is 0. The summed E-state index contributed by atoms with van der Waals surface area (Å²) in [5, 5.41) is 2.77. The quantitative estimate of drug-likeness (QED) is 0.744. The number of amides is 1. The number of benzene rings is 1. The van der Waals surface area contributed by atoms with Crippen molar-refractivity contribution in [2.24, 2.45) is 0 Å². The van der Waals surface area contributed by atoms with Crippen molar-refractivity contribution >= 4 is 17.5 Å². The number of carbonyl (C=O) groups is 1. The Hall–Kier alpha value is -1.02. The topological polar surface area (TPSA) is 29.1 Å². The Morgan fingerprint density at radius 2 is 2.07 bits per heavy atom. The predicted octanol–water partition coefficient (Wildman–Crippen LogP) is 2.25. The van der Waals surface area contributed by atoms with E-state index in [2.05, 4.69) is 5.32 Å². The van der Waals surface area contributed by atoms with E-state index in [4.69, 9.17) is 11.6 Å². The molecule has 74 valence electrons. The Kier molecular flexibility index (Phi) is 2.73. The Balaban J connectivity index is 2.09. The van der Waals surface area contributed by atoms with Gasteiger partial charge >= 0.3 is 0 Å². The van der Waals surface area contributed by atoms with Gasteiger partial charge in [0.2, 0.25) is 5.91 Å². The normalized spacial score (nSPS) is 23.2. The molecule has 1 aliphatic heterocycles. The fourth-order valence-corrected chi connectivity index (χ4v) is 2.06. The van der Waals surface area contributed by atoms with Crippen LogP contribution >= 0.6 is 11.6 Å². The van der Waals surface area contributed by atoms with E-state index in [0.29, 0.717) is 6.42 Å². The number of hydrogen-bond donors (Lipinski definition) is 1. The molecule has 1 N–H and O–H groups in total. The van der Waals surface area contributed by atoms with Crippen LogP contribution in [0.4, 0.5) is 0 Å². The lowest BCUT2D eigenvalue weighted by Gasteiger charge is -2.17. The molecule has 0 spiro atoms. The van der Waals surface area contributed by atoms with Gasteiger partial charge in [-0.05, 0) is 12.0 Å². The molecule has 1 aliphatic rings. The molecule has 0 radical (unpaired) electrons. The zero-order valence-corrected chi connectivity index (χ0v) is 8.50. The number of hydrogen-bond acceptors (Lipinski definition) is 1. The minimum atomic E-state index is -0.109. The van der Waals surface area contributed by atoms with Gasteiger partial charge in [0, 0.05) is 12.5 Å². The van der Waals surface area contributed by atoms with Crippen molar-refractivity contribution in [2.75, 3.05) is 0 Å². The van der Waals surface area contributed by atoms with Crippen molar-refractivity contribution in [3.05, 3.63) is 35.9 Å². The summed E-state index contributed by atoms with van der Waals surface area (Å²) in [6, 6.07) is 9.94. The molecule has 1 fully saturated rings. The molecule has 14 heavy (non-hydrogen) atoms. The molecule has 1 aromatic rings. The summed E-state index contributed by atoms with van der Waals surface area (Å²) in [6.07, 6.45) is 1.43. The van der Waals surface area contributed by atoms with Crippen molar-refractivity contribution in [2.45, 2.75) is 24.3 Å². The van der Waals surface area contributed by atoms with E-state index in [-0.39, 0.29) is 17.3 Å². The van der Waals surface area contributed by atoms with E-state index in [1.165, 1.54) is 0 Å². The summed E-state index contributed by atoms with van der Waals surface area (Å²) in [4.78, 5) is 11.0. The second-order valence-electron chi connectivity index (χ2n) is 3.53. The maximum atomic E-state index is 11.0. The second kappa shape index (κ2) is 4.01. The lowest BCUT2D eigenvalue weighted by Crippen LogP contribution is -2.28. The smallest absolute Gasteiger partial charge is 0.220 e. The van der Waals surface area contributed by atoms with Crippen LogP contribution in [0.5, 0.6) is 0 Å². The van der Waals surface area contributed by atoms with Crippen molar-refractivity contribution in [1.82, 2.24) is 5.32 Å². The number of nitrogens with one attached hydrogen (secondary N) is 1. The van der Waals surface area contributed by atoms with Gasteiger partial charge in [-0.15, -0.1) is 11.6 Å². The van der Waals surface area contributed by atoms with Crippen LogP contribution in [0.1, 0.15) is 23.8 Å². The first kappa shape index (κ1) is 9.53. The number of alkyl halides is 1. The Bertz CT molecular complexity index is 325. The van der Waals surface area contributed by atoms with Crippen LogP contribution in [-0.4, -0.2) is 11.9 Å². The van der Waals surface area contributed by atoms with Crippen molar-refractivity contribution < 1.29 is 4.79 Å². The summed E-state index contributed by atoms with van der Waals surface area (Å²) in [5.41, 5.74) is 1.07. The van der Waals surface area contributed by atoms with Gasteiger partial charge in [0.1, 0.15) is 0 Å². The number of rotatable bonds is 2. The molecule has 3 heteroatoms. The molecule has 1 heterocycles. The summed E-state index contributed by atoms with van der Waals surface area (Å²) >= 11 is 6.26. The highest BCUT2D eigenvalue weighted by molar-refractivity contribution is 6.21. The Labute approximate surface area is 88.3 Å². The van der Waals surface area contributed by atoms with Gasteiger partial charge in [0.25, 0.3) is 0 Å². The summed E-state index contributed by atoms with van der Waals surface area (Å²) < 4.78 is 0. The summed E-state index contributed by atoms with van der Waals surface area (Å²) in [6.45, 7) is 0. The van der Waals surface area contributed by atoms with Crippen molar-refractivity contribution in [3.8, 4) is 0 Å². The van der Waals surface area contributed by atoms with Crippen LogP contribution in [0.15, 0.2) is 30.3 Å². The Morgan fingerprint density at radius 1 is 1.36 bits per heavy atom. The van der Waals surface area contributed by atoms with Gasteiger partial charge in [0.05, 0.1) is 5.38 Å². The molecule has 2 atom stereocenters. The zero-order chi connectivity index (χ0) is 9.97. The van der Waals surface area contributed by atoms with Crippen LogP contribution in [0.3, 0.4) is 0 Å². The first-order valence-electron chi connectivity index (χ1n) is 4.76. The number of carbonyl (C=O) groups excluding carboxylic acids is 1. The van der Waals surface area contributed by atoms with Crippen LogP contribution in [0.25, 0.3) is 0 Å². The first-order valence-corrected chi connectivity index (χ1v) is 5.19. The lowest BCUT2D eigenvalue weighted by atomic mass is 10.0. The highest BCUT2D eigenvalue weighted by Gasteiger charge is 2.27. The predicted molar refractivity (Wildman–Crippen MR) is 56.2 cm³/mol. The van der Waals surface area contributed by atoms with Crippen LogP contribution in [0.2, 0.25) is 0 Å². The van der Waals surface area contributed by atoms with Gasteiger partial charge in [-0.25, -0.2) is 0 Å². The monoisotopic (exact) mass is 209 g/mol. The second-order valence-corrected chi connectivity index (χ2v) is 4.00. The summed E-state index contributed by atoms with van der Waals surface area (Å²) in [5.74, 6) is 0.108. The van der Waals surface area contributed by atoms with Gasteiger partial charge in [0.15, 0.2) is 0 Å². The van der Waals surface area contributed by atoms with E-state index in [0.717, 1.165) is 12.0 Å². The van der Waals surface area contributed by atoms with E-state index in [1.807, 2.05) is 30.3 Å². The van der Waals surface area contributed by atoms with Gasteiger partial charge in [-0.2, -0.15) is 0 Å². The molecular weight excluding hydrogens is 198 g/mol. The minimum absolute atomic E-state index is 0.0894. The highest BCUT2D eigenvalue weighted by atomic mass is 35.5. The third kappa shape index (κ3) is 1.90. The van der Waals surface area contributed by atoms with E-state index < -0.39 is 0 Å². The fourth-order valence-electron chi connectivity index (χ4n) is 1.73. The first-order chi connectivity index (χ1) is 6.77. The standard InChI is InChI=1S/C11H12ClNO/c12-11(8-4-2-1-3-5-8)9-6-7-10(14)13-9/h1-5,9,11H,6-7H2,(H,13,14)/t9-,11-/m1/s1. The van der Waals surface area contributed by atoms with Crippen LogP contribution in [-0.2, 0) is 4.79 Å². The molecule has 0 bridgehead atoms. The lowest BCUT2D eigenvalue weighted by molar-refractivity contribution is -0.119. The average Bonchev–Trinajstić information content (AvgIpc) is 2.65. The van der Waals surface area contributed by atoms with Crippen molar-refractivity contribution in [1.29, 1.82) is 0 Å². The molecule has 0 aliphatic carbocycles. The largest absolute Gasteiger partial charge is 0.352 e. The molecule has 0 saturated carbocycles. The van der Waals surface area contributed by atoms with Gasteiger partial charge in [-0.1, -0.05) is 30.3 Å². The zero-order valence-electron chi connectivity index (χ0n) is 7.74. The molecule has 2 nitrogen and oxygen atoms in total. The third-order valence-corrected chi connectivity index (χ3v) is 3.06. The van der Waals surface area contributed by atoms with Gasteiger partial charge < -0.3 is 5.32 Å².